The Bertz CT molecular complexity index is 2870. The van der Waals surface area contributed by atoms with Crippen LogP contribution in [-0.2, 0) is 0 Å². The van der Waals surface area contributed by atoms with Gasteiger partial charge in [-0.2, -0.15) is 0 Å². The highest BCUT2D eigenvalue weighted by Crippen LogP contribution is 2.52. The standard InChI is InChI=1S/C48H32N2O/c1-3-13-31(14-4-1)35-25-28-45(48-47(35)38-19-9-12-22-46(38)51-48)50-42-21-11-8-18-37(42)40-30-33(24-27-44(40)50)32-23-26-43-39(29-32)36-17-7-10-20-41(36)49(43)34-15-5-2-6-16-34/h1-30,40,44H. The molecule has 0 bridgehead atoms. The van der Waals surface area contributed by atoms with Crippen molar-refractivity contribution in [1.29, 1.82) is 0 Å². The Kier molecular flexibility index (Phi) is 6.08. The van der Waals surface area contributed by atoms with Gasteiger partial charge in [0, 0.05) is 38.8 Å². The van der Waals surface area contributed by atoms with Crippen LogP contribution in [0.25, 0.3) is 66.1 Å². The number of allylic oxidation sites excluding steroid dienone is 2. The van der Waals surface area contributed by atoms with Crippen LogP contribution in [0.4, 0.5) is 11.4 Å². The number of benzene rings is 7. The molecule has 0 saturated carbocycles. The molecule has 0 amide bonds. The number of rotatable bonds is 4. The minimum absolute atomic E-state index is 0.119. The minimum Gasteiger partial charge on any atom is -0.454 e. The van der Waals surface area contributed by atoms with Gasteiger partial charge in [-0.3, -0.25) is 0 Å². The molecule has 0 spiro atoms. The van der Waals surface area contributed by atoms with E-state index in [2.05, 4.69) is 191 Å². The summed E-state index contributed by atoms with van der Waals surface area (Å²) < 4.78 is 9.15. The maximum Gasteiger partial charge on any atom is 0.159 e. The monoisotopic (exact) mass is 652 g/mol. The highest BCUT2D eigenvalue weighted by molar-refractivity contribution is 6.16. The fraction of sp³-hybridized carbons (Fsp3) is 0.0417. The largest absolute Gasteiger partial charge is 0.454 e. The third-order valence-electron chi connectivity index (χ3n) is 10.9. The molecular formula is C48H32N2O. The van der Waals surface area contributed by atoms with Gasteiger partial charge in [0.15, 0.2) is 5.58 Å². The van der Waals surface area contributed by atoms with Gasteiger partial charge >= 0.3 is 0 Å². The lowest BCUT2D eigenvalue weighted by atomic mass is 9.86. The molecule has 1 aliphatic heterocycles. The second-order valence-electron chi connectivity index (χ2n) is 13.6. The number of para-hydroxylation sites is 4. The maximum atomic E-state index is 6.77. The summed E-state index contributed by atoms with van der Waals surface area (Å²) in [6.45, 7) is 0. The Morgan fingerprint density at radius 1 is 0.529 bits per heavy atom. The van der Waals surface area contributed by atoms with Crippen molar-refractivity contribution in [2.45, 2.75) is 12.0 Å². The molecule has 9 aromatic rings. The number of nitrogens with zero attached hydrogens (tertiary/aromatic N) is 2. The number of anilines is 2. The molecule has 2 atom stereocenters. The van der Waals surface area contributed by atoms with Crippen molar-refractivity contribution in [3.8, 4) is 16.8 Å². The zero-order valence-corrected chi connectivity index (χ0v) is 27.8. The summed E-state index contributed by atoms with van der Waals surface area (Å²) in [5, 5.41) is 4.84. The molecule has 0 saturated heterocycles. The number of aromatic nitrogens is 1. The summed E-state index contributed by atoms with van der Waals surface area (Å²) in [4.78, 5) is 2.50. The Balaban J connectivity index is 1.05. The normalized spacial score (nSPS) is 16.6. The van der Waals surface area contributed by atoms with Crippen molar-refractivity contribution in [3.05, 3.63) is 193 Å². The van der Waals surface area contributed by atoms with Crippen molar-refractivity contribution in [1.82, 2.24) is 4.57 Å². The van der Waals surface area contributed by atoms with Crippen LogP contribution in [0.5, 0.6) is 0 Å². The van der Waals surface area contributed by atoms with Crippen LogP contribution in [0.2, 0.25) is 0 Å². The van der Waals surface area contributed by atoms with E-state index in [0.717, 1.165) is 27.6 Å². The summed E-state index contributed by atoms with van der Waals surface area (Å²) in [6.07, 6.45) is 7.21. The fourth-order valence-corrected chi connectivity index (χ4v) is 8.69. The summed E-state index contributed by atoms with van der Waals surface area (Å²) in [5.74, 6) is 0.191. The Morgan fingerprint density at radius 3 is 2.14 bits per heavy atom. The van der Waals surface area contributed by atoms with Gasteiger partial charge in [0.1, 0.15) is 5.58 Å². The third kappa shape index (κ3) is 4.18. The van der Waals surface area contributed by atoms with Crippen LogP contribution in [0.15, 0.2) is 186 Å². The molecule has 3 heteroatoms. The van der Waals surface area contributed by atoms with Crippen LogP contribution < -0.4 is 4.90 Å². The average molecular weight is 653 g/mol. The lowest BCUT2D eigenvalue weighted by molar-refractivity contribution is 0.664. The van der Waals surface area contributed by atoms with E-state index in [9.17, 15) is 0 Å². The highest BCUT2D eigenvalue weighted by atomic mass is 16.3. The second-order valence-corrected chi connectivity index (χ2v) is 13.6. The summed E-state index contributed by atoms with van der Waals surface area (Å²) >= 11 is 0. The Morgan fingerprint density at radius 2 is 1.25 bits per heavy atom. The van der Waals surface area contributed by atoms with Gasteiger partial charge in [-0.05, 0) is 76.4 Å². The Hall–Kier alpha value is -6.58. The van der Waals surface area contributed by atoms with E-state index < -0.39 is 0 Å². The molecule has 0 radical (unpaired) electrons. The van der Waals surface area contributed by atoms with Crippen molar-refractivity contribution in [2.24, 2.45) is 0 Å². The van der Waals surface area contributed by atoms with Gasteiger partial charge in [-0.1, -0.05) is 133 Å². The molecular weight excluding hydrogens is 621 g/mol. The van der Waals surface area contributed by atoms with Crippen LogP contribution in [0.3, 0.4) is 0 Å². The van der Waals surface area contributed by atoms with Gasteiger partial charge in [-0.15, -0.1) is 0 Å². The topological polar surface area (TPSA) is 21.3 Å². The first-order valence-corrected chi connectivity index (χ1v) is 17.7. The average Bonchev–Trinajstić information content (AvgIpc) is 3.86. The third-order valence-corrected chi connectivity index (χ3v) is 10.9. The van der Waals surface area contributed by atoms with Crippen molar-refractivity contribution >= 4 is 60.7 Å². The number of hydrogen-bond donors (Lipinski definition) is 0. The van der Waals surface area contributed by atoms with Crippen molar-refractivity contribution in [3.63, 3.8) is 0 Å². The molecule has 3 heterocycles. The highest BCUT2D eigenvalue weighted by Gasteiger charge is 2.39. The molecule has 3 nitrogen and oxygen atoms in total. The molecule has 1 aliphatic carbocycles. The fourth-order valence-electron chi connectivity index (χ4n) is 8.69. The first-order valence-electron chi connectivity index (χ1n) is 17.7. The van der Waals surface area contributed by atoms with Gasteiger partial charge in [0.25, 0.3) is 0 Å². The predicted molar refractivity (Wildman–Crippen MR) is 212 cm³/mol. The van der Waals surface area contributed by atoms with E-state index in [1.807, 2.05) is 0 Å². The number of fused-ring (bicyclic) bond motifs is 9. The minimum atomic E-state index is 0.119. The molecule has 7 aromatic carbocycles. The molecule has 2 aliphatic rings. The van der Waals surface area contributed by atoms with Crippen molar-refractivity contribution < 1.29 is 4.42 Å². The van der Waals surface area contributed by atoms with Crippen LogP contribution in [0, 0.1) is 0 Å². The van der Waals surface area contributed by atoms with E-state index in [1.54, 1.807) is 0 Å². The van der Waals surface area contributed by atoms with E-state index >= 15 is 0 Å². The maximum absolute atomic E-state index is 6.77. The molecule has 0 fully saturated rings. The van der Waals surface area contributed by atoms with Crippen LogP contribution in [-0.4, -0.2) is 10.6 Å². The molecule has 51 heavy (non-hydrogen) atoms. The van der Waals surface area contributed by atoms with Crippen molar-refractivity contribution in [2.75, 3.05) is 4.90 Å². The summed E-state index contributed by atoms with van der Waals surface area (Å²) in [7, 11) is 0. The molecule has 0 N–H and O–H groups in total. The quantitative estimate of drug-likeness (QED) is 0.189. The summed E-state index contributed by atoms with van der Waals surface area (Å²) in [5.41, 5.74) is 14.0. The van der Waals surface area contributed by atoms with Crippen LogP contribution >= 0.6 is 0 Å². The summed E-state index contributed by atoms with van der Waals surface area (Å²) in [6, 6.07) is 59.0. The smallest absolute Gasteiger partial charge is 0.159 e. The van der Waals surface area contributed by atoms with Gasteiger partial charge in [0.05, 0.1) is 22.8 Å². The molecule has 2 aromatic heterocycles. The zero-order chi connectivity index (χ0) is 33.5. The van der Waals surface area contributed by atoms with Gasteiger partial charge < -0.3 is 13.9 Å². The van der Waals surface area contributed by atoms with Gasteiger partial charge in [-0.25, -0.2) is 0 Å². The van der Waals surface area contributed by atoms with E-state index in [4.69, 9.17) is 4.42 Å². The van der Waals surface area contributed by atoms with E-state index in [-0.39, 0.29) is 12.0 Å². The van der Waals surface area contributed by atoms with Crippen LogP contribution in [0.1, 0.15) is 17.0 Å². The lowest BCUT2D eigenvalue weighted by Crippen LogP contribution is -2.29. The lowest BCUT2D eigenvalue weighted by Gasteiger charge is -2.30. The zero-order valence-electron chi connectivity index (χ0n) is 27.8. The number of hydrogen-bond acceptors (Lipinski definition) is 2. The molecule has 240 valence electrons. The van der Waals surface area contributed by atoms with E-state index in [0.29, 0.717) is 0 Å². The molecule has 2 unspecified atom stereocenters. The Labute approximate surface area is 295 Å². The number of furan rings is 1. The predicted octanol–water partition coefficient (Wildman–Crippen LogP) is 12.6. The SMILES string of the molecule is C1=CC2C(C=C1c1ccc3c(c1)c1ccccc1n3-c1ccccc1)c1ccccc1N2c1ccc(-c2ccccc2)c2c1oc1ccccc12. The molecule has 11 rings (SSSR count). The van der Waals surface area contributed by atoms with Gasteiger partial charge in [0.2, 0.25) is 0 Å². The first-order chi connectivity index (χ1) is 25.3. The second kappa shape index (κ2) is 11.0. The first kappa shape index (κ1) is 28.3. The van der Waals surface area contributed by atoms with E-state index in [1.165, 1.54) is 61.0 Å².